The molecule has 15 heavy (non-hydrogen) atoms. The number of aryl methyl sites for hydroxylation is 1. The van der Waals surface area contributed by atoms with Gasteiger partial charge in [-0.1, -0.05) is 13.0 Å². The Bertz CT molecular complexity index is 380. The number of fused-ring (bicyclic) bond motifs is 1. The van der Waals surface area contributed by atoms with Crippen LogP contribution in [0, 0.1) is 11.7 Å². The summed E-state index contributed by atoms with van der Waals surface area (Å²) in [5.74, 6) is -0.234. The Hall–Kier alpha value is -0.930. The van der Waals surface area contributed by atoms with Gasteiger partial charge in [0.2, 0.25) is 0 Å². The van der Waals surface area contributed by atoms with Crippen LogP contribution >= 0.6 is 0 Å². The van der Waals surface area contributed by atoms with Gasteiger partial charge in [-0.2, -0.15) is 0 Å². The fourth-order valence-electron chi connectivity index (χ4n) is 2.36. The molecule has 0 fully saturated rings. The molecule has 1 aromatic rings. The first-order chi connectivity index (χ1) is 7.08. The average Bonchev–Trinajstić information content (AvgIpc) is 2.56. The third kappa shape index (κ3) is 1.56. The molecule has 2 unspecified atom stereocenters. The fraction of sp³-hybridized carbons (Fsp3) is 0.500. The zero-order valence-electron chi connectivity index (χ0n) is 8.83. The van der Waals surface area contributed by atoms with Crippen LogP contribution in [-0.2, 0) is 12.0 Å². The van der Waals surface area contributed by atoms with Gasteiger partial charge in [0.15, 0.2) is 0 Å². The molecule has 1 aliphatic carbocycles. The van der Waals surface area contributed by atoms with Crippen molar-refractivity contribution in [3.05, 3.63) is 35.1 Å². The molecular weight excluding hydrogens is 193 g/mol. The van der Waals surface area contributed by atoms with E-state index in [0.29, 0.717) is 13.0 Å². The maximum Gasteiger partial charge on any atom is 0.123 e. The maximum atomic E-state index is 13.0. The Kier molecular flexibility index (Phi) is 2.52. The summed E-state index contributed by atoms with van der Waals surface area (Å²) < 4.78 is 13.0. The first-order valence-electron chi connectivity index (χ1n) is 5.29. The lowest BCUT2D eigenvalue weighted by Crippen LogP contribution is -2.35. The quantitative estimate of drug-likeness (QED) is 0.776. The van der Waals surface area contributed by atoms with Crippen molar-refractivity contribution in [3.63, 3.8) is 0 Å². The van der Waals surface area contributed by atoms with E-state index in [1.807, 2.05) is 6.92 Å². The first kappa shape index (κ1) is 10.6. The van der Waals surface area contributed by atoms with E-state index in [2.05, 4.69) is 0 Å². The molecule has 1 aromatic carbocycles. The second kappa shape index (κ2) is 3.58. The van der Waals surface area contributed by atoms with Crippen molar-refractivity contribution in [1.29, 1.82) is 0 Å². The predicted molar refractivity (Wildman–Crippen MR) is 56.8 cm³/mol. The van der Waals surface area contributed by atoms with E-state index in [4.69, 9.17) is 5.73 Å². The molecule has 0 spiro atoms. The van der Waals surface area contributed by atoms with Crippen LogP contribution in [0.2, 0.25) is 0 Å². The third-order valence-electron chi connectivity index (χ3n) is 3.48. The lowest BCUT2D eigenvalue weighted by molar-refractivity contribution is -0.0118. The normalized spacial score (nSPS) is 26.4. The Morgan fingerprint density at radius 3 is 3.00 bits per heavy atom. The fourth-order valence-corrected chi connectivity index (χ4v) is 2.36. The van der Waals surface area contributed by atoms with E-state index in [1.54, 1.807) is 6.07 Å². The largest absolute Gasteiger partial charge is 0.385 e. The number of aliphatic hydroxyl groups is 1. The van der Waals surface area contributed by atoms with E-state index in [9.17, 15) is 9.50 Å². The Morgan fingerprint density at radius 1 is 1.60 bits per heavy atom. The van der Waals surface area contributed by atoms with Crippen molar-refractivity contribution < 1.29 is 9.50 Å². The molecule has 0 radical (unpaired) electrons. The highest BCUT2D eigenvalue weighted by molar-refractivity contribution is 5.38. The molecule has 2 nitrogen and oxygen atoms in total. The standard InChI is InChI=1S/C12H16FNO/c1-8(7-14)12(15)5-4-9-6-10(13)2-3-11(9)12/h2-3,6,8,15H,4-5,7,14H2,1H3. The summed E-state index contributed by atoms with van der Waals surface area (Å²) >= 11 is 0. The van der Waals surface area contributed by atoms with Crippen molar-refractivity contribution in [1.82, 2.24) is 0 Å². The van der Waals surface area contributed by atoms with E-state index in [0.717, 1.165) is 17.5 Å². The number of hydrogen-bond acceptors (Lipinski definition) is 2. The van der Waals surface area contributed by atoms with E-state index >= 15 is 0 Å². The minimum atomic E-state index is -0.863. The molecule has 2 rings (SSSR count). The van der Waals surface area contributed by atoms with Crippen LogP contribution < -0.4 is 5.73 Å². The predicted octanol–water partition coefficient (Wildman–Crippen LogP) is 1.55. The summed E-state index contributed by atoms with van der Waals surface area (Å²) in [6.07, 6.45) is 1.37. The van der Waals surface area contributed by atoms with Crippen LogP contribution in [0.3, 0.4) is 0 Å². The highest BCUT2D eigenvalue weighted by atomic mass is 19.1. The Labute approximate surface area is 88.9 Å². The number of benzene rings is 1. The molecule has 3 heteroatoms. The van der Waals surface area contributed by atoms with Gasteiger partial charge in [0.1, 0.15) is 5.82 Å². The van der Waals surface area contributed by atoms with Crippen LogP contribution in [0.1, 0.15) is 24.5 Å². The van der Waals surface area contributed by atoms with Gasteiger partial charge in [0.25, 0.3) is 0 Å². The molecule has 3 N–H and O–H groups in total. The summed E-state index contributed by atoms with van der Waals surface area (Å²) in [6, 6.07) is 4.60. The maximum absolute atomic E-state index is 13.0. The lowest BCUT2D eigenvalue weighted by atomic mass is 9.83. The average molecular weight is 209 g/mol. The molecule has 0 aromatic heterocycles. The molecule has 0 bridgehead atoms. The van der Waals surface area contributed by atoms with Crippen LogP contribution in [0.15, 0.2) is 18.2 Å². The topological polar surface area (TPSA) is 46.2 Å². The summed E-state index contributed by atoms with van der Waals surface area (Å²) in [4.78, 5) is 0. The van der Waals surface area contributed by atoms with Gasteiger partial charge < -0.3 is 10.8 Å². The van der Waals surface area contributed by atoms with Gasteiger partial charge in [-0.3, -0.25) is 0 Å². The number of hydrogen-bond donors (Lipinski definition) is 2. The van der Waals surface area contributed by atoms with Crippen LogP contribution in [0.25, 0.3) is 0 Å². The molecular formula is C12H16FNO. The van der Waals surface area contributed by atoms with E-state index in [1.165, 1.54) is 12.1 Å². The van der Waals surface area contributed by atoms with Crippen molar-refractivity contribution in [2.24, 2.45) is 11.7 Å². The second-order valence-corrected chi connectivity index (χ2v) is 4.36. The number of rotatable bonds is 2. The molecule has 0 saturated carbocycles. The van der Waals surface area contributed by atoms with Gasteiger partial charge in [0, 0.05) is 5.92 Å². The summed E-state index contributed by atoms with van der Waals surface area (Å²) in [5, 5.41) is 10.5. The van der Waals surface area contributed by atoms with Crippen LogP contribution in [0.5, 0.6) is 0 Å². The smallest absolute Gasteiger partial charge is 0.123 e. The molecule has 0 aliphatic heterocycles. The molecule has 0 saturated heterocycles. The van der Waals surface area contributed by atoms with Crippen molar-refractivity contribution >= 4 is 0 Å². The second-order valence-electron chi connectivity index (χ2n) is 4.36. The molecule has 1 aliphatic rings. The van der Waals surface area contributed by atoms with Crippen molar-refractivity contribution in [2.45, 2.75) is 25.4 Å². The van der Waals surface area contributed by atoms with E-state index in [-0.39, 0.29) is 11.7 Å². The summed E-state index contributed by atoms with van der Waals surface area (Å²) in [6.45, 7) is 2.37. The van der Waals surface area contributed by atoms with Gasteiger partial charge in [-0.05, 0) is 42.6 Å². The Balaban J connectivity index is 2.43. The number of nitrogens with two attached hydrogens (primary N) is 1. The van der Waals surface area contributed by atoms with Gasteiger partial charge in [0.05, 0.1) is 5.60 Å². The zero-order valence-corrected chi connectivity index (χ0v) is 8.83. The van der Waals surface area contributed by atoms with Gasteiger partial charge in [-0.15, -0.1) is 0 Å². The third-order valence-corrected chi connectivity index (χ3v) is 3.48. The minimum absolute atomic E-state index is 0.00390. The molecule has 82 valence electrons. The highest BCUT2D eigenvalue weighted by Crippen LogP contribution is 2.41. The summed E-state index contributed by atoms with van der Waals surface area (Å²) in [5.41, 5.74) is 6.49. The lowest BCUT2D eigenvalue weighted by Gasteiger charge is -2.30. The van der Waals surface area contributed by atoms with Crippen molar-refractivity contribution in [3.8, 4) is 0 Å². The zero-order chi connectivity index (χ0) is 11.1. The molecule has 2 atom stereocenters. The molecule has 0 amide bonds. The SMILES string of the molecule is CC(CN)C1(O)CCc2cc(F)ccc21. The van der Waals surface area contributed by atoms with Gasteiger partial charge in [-0.25, -0.2) is 4.39 Å². The monoisotopic (exact) mass is 209 g/mol. The minimum Gasteiger partial charge on any atom is -0.385 e. The van der Waals surface area contributed by atoms with Crippen LogP contribution in [-0.4, -0.2) is 11.7 Å². The summed E-state index contributed by atoms with van der Waals surface area (Å²) in [7, 11) is 0. The van der Waals surface area contributed by atoms with Crippen LogP contribution in [0.4, 0.5) is 4.39 Å². The van der Waals surface area contributed by atoms with Gasteiger partial charge >= 0.3 is 0 Å². The highest BCUT2D eigenvalue weighted by Gasteiger charge is 2.40. The molecule has 0 heterocycles. The van der Waals surface area contributed by atoms with E-state index < -0.39 is 5.60 Å². The Morgan fingerprint density at radius 2 is 2.33 bits per heavy atom. The first-order valence-corrected chi connectivity index (χ1v) is 5.29. The number of halogens is 1. The van der Waals surface area contributed by atoms with Crippen molar-refractivity contribution in [2.75, 3.05) is 6.54 Å².